The second kappa shape index (κ2) is 5.84. The zero-order chi connectivity index (χ0) is 15.7. The van der Waals surface area contributed by atoms with E-state index in [0.29, 0.717) is 0 Å². The van der Waals surface area contributed by atoms with Crippen LogP contribution in [0.15, 0.2) is 42.5 Å². The highest BCUT2D eigenvalue weighted by atomic mass is 16.5. The summed E-state index contributed by atoms with van der Waals surface area (Å²) in [6.45, 7) is 6.61. The molecule has 114 valence electrons. The second-order valence-corrected chi connectivity index (χ2v) is 5.90. The van der Waals surface area contributed by atoms with Gasteiger partial charge in [0.05, 0.1) is 0 Å². The topological polar surface area (TPSA) is 29.5 Å². The van der Waals surface area contributed by atoms with E-state index in [1.807, 2.05) is 56.0 Å². The molecule has 22 heavy (non-hydrogen) atoms. The van der Waals surface area contributed by atoms with Crippen LogP contribution in [0.25, 0.3) is 0 Å². The summed E-state index contributed by atoms with van der Waals surface area (Å²) in [6.07, 6.45) is 0.422. The van der Waals surface area contributed by atoms with Gasteiger partial charge in [0.25, 0.3) is 5.91 Å². The Morgan fingerprint density at radius 3 is 2.73 bits per heavy atom. The second-order valence-electron chi connectivity index (χ2n) is 5.90. The van der Waals surface area contributed by atoms with Gasteiger partial charge in [0.2, 0.25) is 0 Å². The predicted molar refractivity (Wildman–Crippen MR) is 88.5 cm³/mol. The lowest BCUT2D eigenvalue weighted by molar-refractivity contribution is -0.124. The molecule has 1 atom stereocenters. The molecule has 0 saturated carbocycles. The van der Waals surface area contributed by atoms with E-state index in [1.165, 1.54) is 11.1 Å². The van der Waals surface area contributed by atoms with Gasteiger partial charge in [-0.25, -0.2) is 0 Å². The molecule has 0 fully saturated rings. The number of ether oxygens (including phenoxy) is 1. The molecule has 2 aromatic carbocycles. The van der Waals surface area contributed by atoms with Crippen LogP contribution in [0.3, 0.4) is 0 Å². The van der Waals surface area contributed by atoms with Crippen molar-refractivity contribution in [3.8, 4) is 5.75 Å². The fourth-order valence-corrected chi connectivity index (χ4v) is 2.96. The number of carbonyl (C=O) groups excluding carboxylic acids is 1. The number of benzene rings is 2. The third-order valence-electron chi connectivity index (χ3n) is 4.14. The van der Waals surface area contributed by atoms with Gasteiger partial charge >= 0.3 is 0 Å². The Balaban J connectivity index is 1.76. The number of rotatable bonds is 3. The van der Waals surface area contributed by atoms with Gasteiger partial charge in [-0.05, 0) is 50.5 Å². The average molecular weight is 295 g/mol. The van der Waals surface area contributed by atoms with Crippen LogP contribution in [0.1, 0.15) is 23.6 Å². The maximum absolute atomic E-state index is 12.7. The van der Waals surface area contributed by atoms with Gasteiger partial charge in [-0.1, -0.05) is 35.9 Å². The Bertz CT molecular complexity index is 708. The Morgan fingerprint density at radius 1 is 1.18 bits per heavy atom. The number of anilines is 1. The zero-order valence-electron chi connectivity index (χ0n) is 13.3. The van der Waals surface area contributed by atoms with Gasteiger partial charge in [-0.2, -0.15) is 0 Å². The van der Waals surface area contributed by atoms with E-state index in [4.69, 9.17) is 4.74 Å². The Labute approximate surface area is 131 Å². The van der Waals surface area contributed by atoms with Crippen LogP contribution < -0.4 is 9.64 Å². The van der Waals surface area contributed by atoms with Crippen LogP contribution in [-0.4, -0.2) is 18.6 Å². The lowest BCUT2D eigenvalue weighted by atomic mass is 10.1. The molecule has 3 heteroatoms. The monoisotopic (exact) mass is 295 g/mol. The number of hydrogen-bond acceptors (Lipinski definition) is 2. The fraction of sp³-hybridized carbons (Fsp3) is 0.316. The van der Waals surface area contributed by atoms with E-state index in [9.17, 15) is 4.79 Å². The maximum Gasteiger partial charge on any atom is 0.267 e. The molecule has 0 radical (unpaired) electrons. The highest BCUT2D eigenvalue weighted by Crippen LogP contribution is 2.29. The molecule has 0 spiro atoms. The minimum Gasteiger partial charge on any atom is -0.481 e. The minimum atomic E-state index is -0.493. The molecule has 1 unspecified atom stereocenters. The van der Waals surface area contributed by atoms with Crippen molar-refractivity contribution < 1.29 is 9.53 Å². The average Bonchev–Trinajstić information content (AvgIpc) is 2.93. The molecular weight excluding hydrogens is 274 g/mol. The SMILES string of the molecule is Cc1ccc(OC(C)C(=O)N2CCc3ccccc32)c(C)c1. The molecule has 3 nitrogen and oxygen atoms in total. The molecule has 1 aliphatic heterocycles. The van der Waals surface area contributed by atoms with Crippen molar-refractivity contribution in [2.75, 3.05) is 11.4 Å². The van der Waals surface area contributed by atoms with Crippen LogP contribution in [0, 0.1) is 13.8 Å². The van der Waals surface area contributed by atoms with E-state index in [1.54, 1.807) is 0 Å². The van der Waals surface area contributed by atoms with Crippen molar-refractivity contribution in [3.63, 3.8) is 0 Å². The number of para-hydroxylation sites is 1. The summed E-state index contributed by atoms with van der Waals surface area (Å²) in [5, 5.41) is 0. The predicted octanol–water partition coefficient (Wildman–Crippen LogP) is 3.66. The van der Waals surface area contributed by atoms with Crippen molar-refractivity contribution in [1.29, 1.82) is 0 Å². The van der Waals surface area contributed by atoms with E-state index >= 15 is 0 Å². The summed E-state index contributed by atoms with van der Waals surface area (Å²) in [5.74, 6) is 0.795. The Hall–Kier alpha value is -2.29. The Kier molecular flexibility index (Phi) is 3.88. The van der Waals surface area contributed by atoms with Crippen LogP contribution in [0.2, 0.25) is 0 Å². The number of aryl methyl sites for hydroxylation is 2. The fourth-order valence-electron chi connectivity index (χ4n) is 2.96. The standard InChI is InChI=1S/C19H21NO2/c1-13-8-9-18(14(2)12-13)22-15(3)19(21)20-11-10-16-6-4-5-7-17(16)20/h4-9,12,15H,10-11H2,1-3H3. The summed E-state index contributed by atoms with van der Waals surface area (Å²) in [6, 6.07) is 14.1. The first-order valence-corrected chi connectivity index (χ1v) is 7.69. The van der Waals surface area contributed by atoms with E-state index in [0.717, 1.165) is 30.0 Å². The van der Waals surface area contributed by atoms with Gasteiger partial charge in [0.1, 0.15) is 5.75 Å². The highest BCUT2D eigenvalue weighted by Gasteiger charge is 2.28. The molecule has 1 heterocycles. The molecule has 1 aliphatic rings. The van der Waals surface area contributed by atoms with Crippen molar-refractivity contribution in [2.24, 2.45) is 0 Å². The van der Waals surface area contributed by atoms with Crippen LogP contribution >= 0.6 is 0 Å². The molecule has 0 aliphatic carbocycles. The van der Waals surface area contributed by atoms with Crippen molar-refractivity contribution >= 4 is 11.6 Å². The summed E-state index contributed by atoms with van der Waals surface area (Å²) in [5.41, 5.74) is 4.50. The number of hydrogen-bond donors (Lipinski definition) is 0. The highest BCUT2D eigenvalue weighted by molar-refractivity contribution is 5.98. The lowest BCUT2D eigenvalue weighted by Gasteiger charge is -2.23. The summed E-state index contributed by atoms with van der Waals surface area (Å²) < 4.78 is 5.90. The lowest BCUT2D eigenvalue weighted by Crippen LogP contribution is -2.39. The first-order chi connectivity index (χ1) is 10.6. The first kappa shape index (κ1) is 14.6. The molecule has 0 N–H and O–H groups in total. The summed E-state index contributed by atoms with van der Waals surface area (Å²) >= 11 is 0. The summed E-state index contributed by atoms with van der Waals surface area (Å²) in [4.78, 5) is 14.5. The van der Waals surface area contributed by atoms with Gasteiger partial charge in [0.15, 0.2) is 6.10 Å². The van der Waals surface area contributed by atoms with Crippen molar-refractivity contribution in [1.82, 2.24) is 0 Å². The van der Waals surface area contributed by atoms with E-state index < -0.39 is 6.10 Å². The number of fused-ring (bicyclic) bond motifs is 1. The Morgan fingerprint density at radius 2 is 1.95 bits per heavy atom. The molecule has 0 bridgehead atoms. The van der Waals surface area contributed by atoms with Gasteiger partial charge < -0.3 is 9.64 Å². The molecular formula is C19H21NO2. The molecule has 0 saturated heterocycles. The first-order valence-electron chi connectivity index (χ1n) is 7.69. The normalized spacial score (nSPS) is 14.6. The smallest absolute Gasteiger partial charge is 0.267 e. The number of carbonyl (C=O) groups is 1. The van der Waals surface area contributed by atoms with E-state index in [-0.39, 0.29) is 5.91 Å². The van der Waals surface area contributed by atoms with Crippen LogP contribution in [0.5, 0.6) is 5.75 Å². The molecule has 3 rings (SSSR count). The van der Waals surface area contributed by atoms with Crippen molar-refractivity contribution in [3.05, 3.63) is 59.2 Å². The third kappa shape index (κ3) is 2.71. The number of nitrogens with zero attached hydrogens (tertiary/aromatic N) is 1. The number of amides is 1. The summed E-state index contributed by atoms with van der Waals surface area (Å²) in [7, 11) is 0. The largest absolute Gasteiger partial charge is 0.481 e. The molecule has 0 aromatic heterocycles. The molecule has 1 amide bonds. The van der Waals surface area contributed by atoms with Crippen molar-refractivity contribution in [2.45, 2.75) is 33.3 Å². The van der Waals surface area contributed by atoms with Crippen LogP contribution in [-0.2, 0) is 11.2 Å². The quantitative estimate of drug-likeness (QED) is 0.865. The van der Waals surface area contributed by atoms with Crippen LogP contribution in [0.4, 0.5) is 5.69 Å². The minimum absolute atomic E-state index is 0.0184. The maximum atomic E-state index is 12.7. The van der Waals surface area contributed by atoms with Gasteiger partial charge in [-0.3, -0.25) is 4.79 Å². The zero-order valence-corrected chi connectivity index (χ0v) is 13.3. The third-order valence-corrected chi connectivity index (χ3v) is 4.14. The van der Waals surface area contributed by atoms with Gasteiger partial charge in [0, 0.05) is 12.2 Å². The van der Waals surface area contributed by atoms with Gasteiger partial charge in [-0.15, -0.1) is 0 Å². The van der Waals surface area contributed by atoms with E-state index in [2.05, 4.69) is 12.1 Å². The molecule has 2 aromatic rings.